The average molecular weight is 471 g/mol. The van der Waals surface area contributed by atoms with Gasteiger partial charge in [-0.3, -0.25) is 15.1 Å². The smallest absolute Gasteiger partial charge is 0.412 e. The Bertz CT molecular complexity index is 977. The molecule has 3 rings (SSSR count). The number of nitrogens with zero attached hydrogens (tertiary/aromatic N) is 5. The lowest BCUT2D eigenvalue weighted by atomic mass is 10.0. The minimum Gasteiger partial charge on any atom is -0.453 e. The van der Waals surface area contributed by atoms with Gasteiger partial charge in [0.1, 0.15) is 5.60 Å². The zero-order valence-electron chi connectivity index (χ0n) is 20.8. The SMILES string of the molecule is Cc1nc(OCC(=O)N(C)C2CCN(c3cccnc3)CC2)nc(C)c1NC(=O)OC(C)(C)C. The van der Waals surface area contributed by atoms with E-state index in [0.717, 1.165) is 31.6 Å². The van der Waals surface area contributed by atoms with E-state index in [0.29, 0.717) is 17.1 Å². The van der Waals surface area contributed by atoms with E-state index in [2.05, 4.69) is 25.2 Å². The van der Waals surface area contributed by atoms with E-state index in [1.54, 1.807) is 52.8 Å². The summed E-state index contributed by atoms with van der Waals surface area (Å²) in [5.41, 5.74) is 2.00. The molecular formula is C24H34N6O4. The third-order valence-corrected chi connectivity index (χ3v) is 5.62. The van der Waals surface area contributed by atoms with Gasteiger partial charge in [0.15, 0.2) is 6.61 Å². The molecule has 10 heteroatoms. The quantitative estimate of drug-likeness (QED) is 0.685. The van der Waals surface area contributed by atoms with Crippen LogP contribution < -0.4 is 15.0 Å². The standard InChI is InChI=1S/C24H34N6O4/c1-16-21(28-23(32)34-24(3,4)5)17(2)27-22(26-16)33-15-20(31)29(6)18-9-12-30(13-10-18)19-8-7-11-25-14-19/h7-8,11,14,18H,9-10,12-13,15H2,1-6H3,(H,28,32). The summed E-state index contributed by atoms with van der Waals surface area (Å²) in [5.74, 6) is -0.130. The van der Waals surface area contributed by atoms with Crippen molar-refractivity contribution in [1.29, 1.82) is 0 Å². The van der Waals surface area contributed by atoms with Gasteiger partial charge >= 0.3 is 12.1 Å². The summed E-state index contributed by atoms with van der Waals surface area (Å²) in [7, 11) is 1.81. The number of amides is 2. The Morgan fingerprint density at radius 3 is 2.38 bits per heavy atom. The van der Waals surface area contributed by atoms with Gasteiger partial charge in [-0.2, -0.15) is 9.97 Å². The fourth-order valence-electron chi connectivity index (χ4n) is 3.82. The van der Waals surface area contributed by atoms with Crippen LogP contribution in [-0.2, 0) is 9.53 Å². The Morgan fingerprint density at radius 1 is 1.18 bits per heavy atom. The summed E-state index contributed by atoms with van der Waals surface area (Å²) in [4.78, 5) is 41.6. The minimum atomic E-state index is -0.614. The van der Waals surface area contributed by atoms with Crippen molar-refractivity contribution in [2.45, 2.75) is 59.1 Å². The maximum Gasteiger partial charge on any atom is 0.412 e. The number of piperidine rings is 1. The number of hydrogen-bond donors (Lipinski definition) is 1. The van der Waals surface area contributed by atoms with Crippen molar-refractivity contribution in [3.63, 3.8) is 0 Å². The summed E-state index contributed by atoms with van der Waals surface area (Å²) >= 11 is 0. The predicted octanol–water partition coefficient (Wildman–Crippen LogP) is 3.34. The first-order valence-corrected chi connectivity index (χ1v) is 11.4. The number of nitrogens with one attached hydrogen (secondary N) is 1. The van der Waals surface area contributed by atoms with Crippen molar-refractivity contribution < 1.29 is 19.1 Å². The van der Waals surface area contributed by atoms with Crippen molar-refractivity contribution in [2.75, 3.05) is 37.0 Å². The zero-order valence-corrected chi connectivity index (χ0v) is 20.8. The Kier molecular flexibility index (Phi) is 7.90. The number of likely N-dealkylation sites (N-methyl/N-ethyl adjacent to an activating group) is 1. The number of pyridine rings is 1. The molecule has 0 unspecified atom stereocenters. The minimum absolute atomic E-state index is 0.0953. The van der Waals surface area contributed by atoms with Crippen molar-refractivity contribution in [2.24, 2.45) is 0 Å². The van der Waals surface area contributed by atoms with Crippen LogP contribution in [0.2, 0.25) is 0 Å². The number of carbonyl (C=O) groups is 2. The maximum atomic E-state index is 12.7. The zero-order chi connectivity index (χ0) is 24.9. The second-order valence-electron chi connectivity index (χ2n) is 9.40. The second kappa shape index (κ2) is 10.7. The highest BCUT2D eigenvalue weighted by molar-refractivity contribution is 5.86. The third kappa shape index (κ3) is 6.79. The van der Waals surface area contributed by atoms with Crippen molar-refractivity contribution >= 4 is 23.4 Å². The molecule has 34 heavy (non-hydrogen) atoms. The summed E-state index contributed by atoms with van der Waals surface area (Å²) < 4.78 is 10.9. The van der Waals surface area contributed by atoms with E-state index >= 15 is 0 Å². The van der Waals surface area contributed by atoms with Gasteiger partial charge in [0.05, 0.1) is 29.0 Å². The fourth-order valence-corrected chi connectivity index (χ4v) is 3.82. The number of aryl methyl sites for hydroxylation is 2. The van der Waals surface area contributed by atoms with E-state index in [1.165, 1.54) is 0 Å². The van der Waals surface area contributed by atoms with Crippen LogP contribution >= 0.6 is 0 Å². The number of anilines is 2. The van der Waals surface area contributed by atoms with Crippen LogP contribution in [-0.4, -0.2) is 70.2 Å². The molecule has 1 aliphatic rings. The molecule has 1 saturated heterocycles. The monoisotopic (exact) mass is 470 g/mol. The number of aromatic nitrogens is 3. The highest BCUT2D eigenvalue weighted by Crippen LogP contribution is 2.23. The molecule has 0 atom stereocenters. The Balaban J connectivity index is 1.52. The number of ether oxygens (including phenoxy) is 2. The van der Waals surface area contributed by atoms with E-state index < -0.39 is 11.7 Å². The summed E-state index contributed by atoms with van der Waals surface area (Å²) in [6.07, 6.45) is 4.79. The molecule has 2 aromatic heterocycles. The first-order valence-electron chi connectivity index (χ1n) is 11.4. The highest BCUT2D eigenvalue weighted by Gasteiger charge is 2.26. The lowest BCUT2D eigenvalue weighted by Gasteiger charge is -2.37. The third-order valence-electron chi connectivity index (χ3n) is 5.62. The van der Waals surface area contributed by atoms with Gasteiger partial charge in [0.25, 0.3) is 5.91 Å². The van der Waals surface area contributed by atoms with Gasteiger partial charge in [0, 0.05) is 32.4 Å². The predicted molar refractivity (Wildman–Crippen MR) is 129 cm³/mol. The number of rotatable bonds is 6. The molecular weight excluding hydrogens is 436 g/mol. The number of carbonyl (C=O) groups excluding carboxylic acids is 2. The second-order valence-corrected chi connectivity index (χ2v) is 9.40. The first kappa shape index (κ1) is 25.2. The molecule has 0 radical (unpaired) electrons. The molecule has 0 saturated carbocycles. The van der Waals surface area contributed by atoms with Crippen LogP contribution in [0.5, 0.6) is 6.01 Å². The lowest BCUT2D eigenvalue weighted by molar-refractivity contribution is -0.134. The van der Waals surface area contributed by atoms with Crippen molar-refractivity contribution in [3.8, 4) is 6.01 Å². The number of hydrogen-bond acceptors (Lipinski definition) is 8. The molecule has 1 N–H and O–H groups in total. The van der Waals surface area contributed by atoms with Crippen molar-refractivity contribution in [3.05, 3.63) is 35.9 Å². The molecule has 2 amide bonds. The van der Waals surface area contributed by atoms with Gasteiger partial charge in [-0.25, -0.2) is 4.79 Å². The van der Waals surface area contributed by atoms with Gasteiger partial charge < -0.3 is 19.3 Å². The molecule has 184 valence electrons. The molecule has 0 spiro atoms. The van der Waals surface area contributed by atoms with Gasteiger partial charge in [0.2, 0.25) is 0 Å². The molecule has 1 aliphatic heterocycles. The molecule has 0 aromatic carbocycles. The van der Waals surface area contributed by atoms with Gasteiger partial charge in [-0.05, 0) is 59.6 Å². The van der Waals surface area contributed by atoms with Gasteiger partial charge in [-0.1, -0.05) is 0 Å². The Labute approximate surface area is 200 Å². The molecule has 0 bridgehead atoms. The van der Waals surface area contributed by atoms with Crippen LogP contribution in [0.25, 0.3) is 0 Å². The van der Waals surface area contributed by atoms with E-state index in [4.69, 9.17) is 9.47 Å². The highest BCUT2D eigenvalue weighted by atomic mass is 16.6. The molecule has 10 nitrogen and oxygen atoms in total. The molecule has 1 fully saturated rings. The van der Waals surface area contributed by atoms with Crippen LogP contribution in [0, 0.1) is 13.8 Å². The molecule has 2 aromatic rings. The topological polar surface area (TPSA) is 110 Å². The van der Waals surface area contributed by atoms with E-state index in [1.807, 2.05) is 18.3 Å². The first-order chi connectivity index (χ1) is 16.0. The van der Waals surface area contributed by atoms with E-state index in [-0.39, 0.29) is 24.6 Å². The van der Waals surface area contributed by atoms with Crippen LogP contribution in [0.1, 0.15) is 45.0 Å². The molecule has 3 heterocycles. The van der Waals surface area contributed by atoms with E-state index in [9.17, 15) is 9.59 Å². The lowest BCUT2D eigenvalue weighted by Crippen LogP contribution is -2.47. The summed E-state index contributed by atoms with van der Waals surface area (Å²) in [5, 5.41) is 2.68. The average Bonchev–Trinajstić information content (AvgIpc) is 2.79. The Morgan fingerprint density at radius 2 is 1.82 bits per heavy atom. The fraction of sp³-hybridized carbons (Fsp3) is 0.542. The van der Waals surface area contributed by atoms with Crippen molar-refractivity contribution in [1.82, 2.24) is 19.9 Å². The maximum absolute atomic E-state index is 12.7. The van der Waals surface area contributed by atoms with Crippen LogP contribution in [0.15, 0.2) is 24.5 Å². The normalized spacial score (nSPS) is 14.5. The van der Waals surface area contributed by atoms with Crippen LogP contribution in [0.4, 0.5) is 16.2 Å². The largest absolute Gasteiger partial charge is 0.453 e. The van der Waals surface area contributed by atoms with Gasteiger partial charge in [-0.15, -0.1) is 0 Å². The Hall–Kier alpha value is -3.43. The summed E-state index contributed by atoms with van der Waals surface area (Å²) in [6, 6.07) is 4.22. The molecule has 0 aliphatic carbocycles. The summed E-state index contributed by atoms with van der Waals surface area (Å²) in [6.45, 7) is 10.4. The van der Waals surface area contributed by atoms with Crippen LogP contribution in [0.3, 0.4) is 0 Å².